The third-order valence-electron chi connectivity index (χ3n) is 3.30. The van der Waals surface area contributed by atoms with Crippen LogP contribution >= 0.6 is 11.3 Å². The van der Waals surface area contributed by atoms with Gasteiger partial charge < -0.3 is 14.8 Å². The number of fused-ring (bicyclic) bond motifs is 1. The third-order valence-corrected chi connectivity index (χ3v) is 4.18. The molecule has 29 heavy (non-hydrogen) atoms. The molecule has 0 aliphatic carbocycles. The van der Waals surface area contributed by atoms with E-state index in [-0.39, 0.29) is 17.5 Å². The van der Waals surface area contributed by atoms with Crippen molar-refractivity contribution in [1.82, 2.24) is 9.97 Å². The number of carbonyl (C=O) groups excluding carboxylic acids is 2. The minimum absolute atomic E-state index is 0.114. The van der Waals surface area contributed by atoms with Gasteiger partial charge in [-0.3, -0.25) is 10.1 Å². The molecule has 0 saturated carbocycles. The molecule has 0 aliphatic heterocycles. The van der Waals surface area contributed by atoms with Gasteiger partial charge >= 0.3 is 6.09 Å². The van der Waals surface area contributed by atoms with Crippen molar-refractivity contribution in [2.75, 3.05) is 10.6 Å². The Labute approximate surface area is 170 Å². The fraction of sp³-hybridized carbons (Fsp3) is 0.263. The molecular weight excluding hydrogens is 399 g/mol. The Balaban J connectivity index is 1.78. The van der Waals surface area contributed by atoms with Gasteiger partial charge in [-0.15, -0.1) is 0 Å². The minimum atomic E-state index is -0.662. The first kappa shape index (κ1) is 20.5. The molecule has 0 bridgehead atoms. The fourth-order valence-corrected chi connectivity index (χ4v) is 3.13. The Morgan fingerprint density at radius 3 is 2.55 bits per heavy atom. The lowest BCUT2D eigenvalue weighted by Gasteiger charge is -2.19. The van der Waals surface area contributed by atoms with Crippen LogP contribution < -0.4 is 15.4 Å². The van der Waals surface area contributed by atoms with Crippen LogP contribution in [-0.4, -0.2) is 27.6 Å². The molecule has 0 saturated heterocycles. The van der Waals surface area contributed by atoms with Crippen molar-refractivity contribution in [3.05, 3.63) is 36.1 Å². The first-order valence-corrected chi connectivity index (χ1v) is 9.43. The molecule has 2 heterocycles. The van der Waals surface area contributed by atoms with Crippen LogP contribution in [0.2, 0.25) is 0 Å². The van der Waals surface area contributed by atoms with Gasteiger partial charge in [-0.05, 0) is 39.0 Å². The standard InChI is InChI=1S/C19H19FN4O4S/c1-10(25)21-17-23-13-7-8-15(24-16(13)29-17)27-14-9-11(5-6-12(14)20)22-18(26)28-19(2,3)4/h5-9H,1-4H3,(H,22,26)(H,21,23,25). The molecule has 2 aromatic heterocycles. The van der Waals surface area contributed by atoms with E-state index in [2.05, 4.69) is 20.6 Å². The lowest BCUT2D eigenvalue weighted by Crippen LogP contribution is -2.27. The van der Waals surface area contributed by atoms with E-state index in [4.69, 9.17) is 9.47 Å². The second kappa shape index (κ2) is 8.00. The molecule has 0 atom stereocenters. The average molecular weight is 418 g/mol. The van der Waals surface area contributed by atoms with Crippen molar-refractivity contribution < 1.29 is 23.5 Å². The average Bonchev–Trinajstić information content (AvgIpc) is 2.96. The summed E-state index contributed by atoms with van der Waals surface area (Å²) in [5, 5.41) is 5.53. The van der Waals surface area contributed by atoms with E-state index < -0.39 is 17.5 Å². The van der Waals surface area contributed by atoms with Crippen LogP contribution in [-0.2, 0) is 9.53 Å². The highest BCUT2D eigenvalue weighted by molar-refractivity contribution is 7.21. The van der Waals surface area contributed by atoms with Crippen molar-refractivity contribution in [3.8, 4) is 11.6 Å². The fourth-order valence-electron chi connectivity index (χ4n) is 2.25. The Morgan fingerprint density at radius 2 is 1.86 bits per heavy atom. The SMILES string of the molecule is CC(=O)Nc1nc2ccc(Oc3cc(NC(=O)OC(C)(C)C)ccc3F)nc2s1. The number of anilines is 2. The zero-order chi connectivity index (χ0) is 21.2. The number of rotatable bonds is 4. The maximum Gasteiger partial charge on any atom is 0.412 e. The molecule has 10 heteroatoms. The van der Waals surface area contributed by atoms with Crippen LogP contribution in [0.3, 0.4) is 0 Å². The molecular formula is C19H19FN4O4S. The maximum atomic E-state index is 14.2. The summed E-state index contributed by atoms with van der Waals surface area (Å²) in [7, 11) is 0. The smallest absolute Gasteiger partial charge is 0.412 e. The molecule has 2 amide bonds. The molecule has 2 N–H and O–H groups in total. The molecule has 0 fully saturated rings. The number of aromatic nitrogens is 2. The largest absolute Gasteiger partial charge is 0.444 e. The summed E-state index contributed by atoms with van der Waals surface area (Å²) in [6, 6.07) is 7.08. The Hall–Kier alpha value is -3.27. The molecule has 0 unspecified atom stereocenters. The molecule has 0 aliphatic rings. The molecule has 1 aromatic carbocycles. The van der Waals surface area contributed by atoms with Gasteiger partial charge in [-0.25, -0.2) is 19.2 Å². The molecule has 3 rings (SSSR count). The molecule has 152 valence electrons. The second-order valence-electron chi connectivity index (χ2n) is 7.05. The van der Waals surface area contributed by atoms with E-state index in [0.717, 1.165) is 0 Å². The van der Waals surface area contributed by atoms with Crippen LogP contribution in [0.5, 0.6) is 11.6 Å². The quantitative estimate of drug-likeness (QED) is 0.623. The van der Waals surface area contributed by atoms with Crippen LogP contribution in [0.4, 0.5) is 20.0 Å². The number of nitrogens with zero attached hydrogens (tertiary/aromatic N) is 2. The lowest BCUT2D eigenvalue weighted by molar-refractivity contribution is -0.114. The van der Waals surface area contributed by atoms with Crippen molar-refractivity contribution in [3.63, 3.8) is 0 Å². The normalized spacial score (nSPS) is 11.2. The van der Waals surface area contributed by atoms with Crippen molar-refractivity contribution >= 4 is 44.5 Å². The number of benzene rings is 1. The molecule has 3 aromatic rings. The number of carbonyl (C=O) groups is 2. The number of nitrogens with one attached hydrogen (secondary N) is 2. The van der Waals surface area contributed by atoms with Gasteiger partial charge in [0.1, 0.15) is 15.9 Å². The predicted octanol–water partition coefficient (Wildman–Crippen LogP) is 4.93. The maximum absolute atomic E-state index is 14.2. The van der Waals surface area contributed by atoms with E-state index >= 15 is 0 Å². The predicted molar refractivity (Wildman–Crippen MR) is 108 cm³/mol. The number of thiazole rings is 1. The number of halogens is 1. The first-order valence-electron chi connectivity index (χ1n) is 8.62. The third kappa shape index (κ3) is 5.61. The van der Waals surface area contributed by atoms with Crippen LogP contribution in [0, 0.1) is 5.82 Å². The van der Waals surface area contributed by atoms with Gasteiger partial charge in [0.25, 0.3) is 0 Å². The van der Waals surface area contributed by atoms with Crippen LogP contribution in [0.1, 0.15) is 27.7 Å². The Bertz CT molecular complexity index is 1080. The summed E-state index contributed by atoms with van der Waals surface area (Å²) in [5.41, 5.74) is 0.225. The van der Waals surface area contributed by atoms with Gasteiger partial charge in [0.2, 0.25) is 11.8 Å². The van der Waals surface area contributed by atoms with Crippen LogP contribution in [0.15, 0.2) is 30.3 Å². The van der Waals surface area contributed by atoms with E-state index in [9.17, 15) is 14.0 Å². The monoisotopic (exact) mass is 418 g/mol. The van der Waals surface area contributed by atoms with Gasteiger partial charge in [-0.1, -0.05) is 11.3 Å². The lowest BCUT2D eigenvalue weighted by atomic mass is 10.2. The highest BCUT2D eigenvalue weighted by Gasteiger charge is 2.17. The van der Waals surface area contributed by atoms with E-state index in [1.165, 1.54) is 42.5 Å². The van der Waals surface area contributed by atoms with E-state index in [0.29, 0.717) is 21.2 Å². The number of ether oxygens (including phenoxy) is 2. The zero-order valence-corrected chi connectivity index (χ0v) is 17.0. The van der Waals surface area contributed by atoms with Gasteiger partial charge in [-0.2, -0.15) is 0 Å². The molecule has 8 nitrogen and oxygen atoms in total. The van der Waals surface area contributed by atoms with Gasteiger partial charge in [0.15, 0.2) is 16.7 Å². The number of hydrogen-bond acceptors (Lipinski definition) is 7. The number of amides is 2. The van der Waals surface area contributed by atoms with Crippen molar-refractivity contribution in [1.29, 1.82) is 0 Å². The molecule has 0 spiro atoms. The van der Waals surface area contributed by atoms with Crippen LogP contribution in [0.25, 0.3) is 10.3 Å². The summed E-state index contributed by atoms with van der Waals surface area (Å²) in [6.07, 6.45) is -0.662. The Kier molecular flexibility index (Phi) is 5.64. The van der Waals surface area contributed by atoms with Gasteiger partial charge in [0, 0.05) is 24.7 Å². The summed E-state index contributed by atoms with van der Waals surface area (Å²) >= 11 is 1.17. The van der Waals surface area contributed by atoms with E-state index in [1.54, 1.807) is 26.8 Å². The summed E-state index contributed by atoms with van der Waals surface area (Å²) in [4.78, 5) is 32.1. The number of hydrogen-bond donors (Lipinski definition) is 2. The first-order chi connectivity index (χ1) is 13.6. The van der Waals surface area contributed by atoms with Crippen molar-refractivity contribution in [2.24, 2.45) is 0 Å². The highest BCUT2D eigenvalue weighted by Crippen LogP contribution is 2.30. The summed E-state index contributed by atoms with van der Waals surface area (Å²) in [5.74, 6) is -0.831. The van der Waals surface area contributed by atoms with E-state index in [1.807, 2.05) is 0 Å². The summed E-state index contributed by atoms with van der Waals surface area (Å²) in [6.45, 7) is 6.61. The van der Waals surface area contributed by atoms with Crippen molar-refractivity contribution in [2.45, 2.75) is 33.3 Å². The number of pyridine rings is 1. The minimum Gasteiger partial charge on any atom is -0.444 e. The second-order valence-corrected chi connectivity index (χ2v) is 8.03. The molecule has 0 radical (unpaired) electrons. The highest BCUT2D eigenvalue weighted by atomic mass is 32.1. The Morgan fingerprint density at radius 1 is 1.10 bits per heavy atom. The van der Waals surface area contributed by atoms with Gasteiger partial charge in [0.05, 0.1) is 0 Å². The topological polar surface area (TPSA) is 102 Å². The zero-order valence-electron chi connectivity index (χ0n) is 16.2. The summed E-state index contributed by atoms with van der Waals surface area (Å²) < 4.78 is 24.9.